The summed E-state index contributed by atoms with van der Waals surface area (Å²) in [7, 11) is 1.39. The highest BCUT2D eigenvalue weighted by molar-refractivity contribution is 5.95. The van der Waals surface area contributed by atoms with Crippen LogP contribution in [0.5, 0.6) is 0 Å². The zero-order valence-electron chi connectivity index (χ0n) is 15.1. The van der Waals surface area contributed by atoms with Crippen LogP contribution in [0.25, 0.3) is 0 Å². The van der Waals surface area contributed by atoms with Crippen molar-refractivity contribution in [3.63, 3.8) is 0 Å². The van der Waals surface area contributed by atoms with Crippen LogP contribution in [0.2, 0.25) is 0 Å². The van der Waals surface area contributed by atoms with E-state index in [-0.39, 0.29) is 31.0 Å². The van der Waals surface area contributed by atoms with Crippen molar-refractivity contribution < 1.29 is 27.8 Å². The Kier molecular flexibility index (Phi) is 4.50. The molecule has 4 fully saturated rings. The summed E-state index contributed by atoms with van der Waals surface area (Å²) >= 11 is 0. The lowest BCUT2D eigenvalue weighted by Crippen LogP contribution is -2.61. The number of amides is 1. The molecule has 1 amide bonds. The maximum Gasteiger partial charge on any atom is 0.433 e. The van der Waals surface area contributed by atoms with Gasteiger partial charge in [0.15, 0.2) is 5.69 Å². The monoisotopic (exact) mass is 387 g/mol. The predicted octanol–water partition coefficient (Wildman–Crippen LogP) is 2.22. The summed E-state index contributed by atoms with van der Waals surface area (Å²) in [6.45, 7) is -0.0133. The molecule has 4 bridgehead atoms. The minimum Gasteiger partial charge on any atom is -0.390 e. The SMILES string of the molecule is COCCn1ncc(C(=O)NC2C3CC4CC2CC(O)(C4)C3)c1C(F)(F)F. The van der Waals surface area contributed by atoms with Crippen LogP contribution in [0.3, 0.4) is 0 Å². The molecule has 27 heavy (non-hydrogen) atoms. The number of alkyl halides is 3. The Morgan fingerprint density at radius 1 is 1.37 bits per heavy atom. The van der Waals surface area contributed by atoms with Crippen molar-refractivity contribution in [3.8, 4) is 0 Å². The van der Waals surface area contributed by atoms with Crippen molar-refractivity contribution in [3.05, 3.63) is 17.5 Å². The van der Waals surface area contributed by atoms with E-state index in [1.54, 1.807) is 0 Å². The zero-order chi connectivity index (χ0) is 19.4. The molecule has 150 valence electrons. The number of carbonyl (C=O) groups excluding carboxylic acids is 1. The highest BCUT2D eigenvalue weighted by atomic mass is 19.4. The largest absolute Gasteiger partial charge is 0.433 e. The number of rotatable bonds is 5. The van der Waals surface area contributed by atoms with Gasteiger partial charge in [0.05, 0.1) is 30.5 Å². The van der Waals surface area contributed by atoms with Crippen LogP contribution in [0.15, 0.2) is 6.20 Å². The van der Waals surface area contributed by atoms with E-state index in [1.807, 2.05) is 0 Å². The molecular formula is C18H24F3N3O3. The molecule has 6 nitrogen and oxygen atoms in total. The number of ether oxygens (including phenoxy) is 1. The molecule has 4 aliphatic carbocycles. The Labute approximate surface area is 155 Å². The molecule has 0 aliphatic heterocycles. The Bertz CT molecular complexity index is 717. The summed E-state index contributed by atoms with van der Waals surface area (Å²) in [6.07, 6.45) is 0.180. The average Bonchev–Trinajstić information content (AvgIpc) is 2.99. The van der Waals surface area contributed by atoms with Crippen molar-refractivity contribution in [2.45, 2.75) is 56.5 Å². The molecule has 0 radical (unpaired) electrons. The third-order valence-corrected chi connectivity index (χ3v) is 6.40. The maximum atomic E-state index is 13.5. The van der Waals surface area contributed by atoms with Crippen LogP contribution >= 0.6 is 0 Å². The normalized spacial score (nSPS) is 34.9. The second-order valence-corrected chi connectivity index (χ2v) is 8.31. The summed E-state index contributed by atoms with van der Waals surface area (Å²) in [5.74, 6) is -0.0233. The molecule has 1 heterocycles. The van der Waals surface area contributed by atoms with Crippen LogP contribution in [0.1, 0.15) is 48.2 Å². The van der Waals surface area contributed by atoms with E-state index in [9.17, 15) is 23.1 Å². The number of nitrogens with zero attached hydrogens (tertiary/aromatic N) is 2. The van der Waals surface area contributed by atoms with Crippen molar-refractivity contribution in [2.24, 2.45) is 17.8 Å². The lowest BCUT2D eigenvalue weighted by Gasteiger charge is -2.58. The van der Waals surface area contributed by atoms with Gasteiger partial charge in [0, 0.05) is 13.2 Å². The van der Waals surface area contributed by atoms with Gasteiger partial charge >= 0.3 is 6.18 Å². The second kappa shape index (κ2) is 6.48. The lowest BCUT2D eigenvalue weighted by molar-refractivity contribution is -0.144. The number of hydrogen-bond donors (Lipinski definition) is 2. The third-order valence-electron chi connectivity index (χ3n) is 6.40. The van der Waals surface area contributed by atoms with Gasteiger partial charge < -0.3 is 15.2 Å². The molecule has 2 unspecified atom stereocenters. The van der Waals surface area contributed by atoms with Crippen molar-refractivity contribution in [2.75, 3.05) is 13.7 Å². The molecular weight excluding hydrogens is 363 g/mol. The molecule has 9 heteroatoms. The smallest absolute Gasteiger partial charge is 0.390 e. The molecule has 4 saturated carbocycles. The number of aliphatic hydroxyl groups is 1. The van der Waals surface area contributed by atoms with E-state index < -0.39 is 28.9 Å². The van der Waals surface area contributed by atoms with Gasteiger partial charge in [-0.25, -0.2) is 0 Å². The predicted molar refractivity (Wildman–Crippen MR) is 88.9 cm³/mol. The van der Waals surface area contributed by atoms with E-state index in [4.69, 9.17) is 4.74 Å². The van der Waals surface area contributed by atoms with E-state index in [0.29, 0.717) is 18.8 Å². The van der Waals surface area contributed by atoms with Crippen molar-refractivity contribution in [1.82, 2.24) is 15.1 Å². The van der Waals surface area contributed by atoms with Gasteiger partial charge in [0.25, 0.3) is 5.91 Å². The van der Waals surface area contributed by atoms with Crippen LogP contribution in [-0.2, 0) is 17.5 Å². The molecule has 5 rings (SSSR count). The highest BCUT2D eigenvalue weighted by Crippen LogP contribution is 2.55. The van der Waals surface area contributed by atoms with Crippen LogP contribution in [0, 0.1) is 17.8 Å². The second-order valence-electron chi connectivity index (χ2n) is 8.31. The Morgan fingerprint density at radius 3 is 2.59 bits per heavy atom. The Hall–Kier alpha value is -1.61. The van der Waals surface area contributed by atoms with Gasteiger partial charge in [0.2, 0.25) is 0 Å². The van der Waals surface area contributed by atoms with Crippen LogP contribution in [0.4, 0.5) is 13.2 Å². The molecule has 2 N–H and O–H groups in total. The fraction of sp³-hybridized carbons (Fsp3) is 0.778. The quantitative estimate of drug-likeness (QED) is 0.812. The van der Waals surface area contributed by atoms with E-state index in [2.05, 4.69) is 10.4 Å². The Morgan fingerprint density at radius 2 is 2.04 bits per heavy atom. The third kappa shape index (κ3) is 3.35. The van der Waals surface area contributed by atoms with Gasteiger partial charge in [-0.3, -0.25) is 9.48 Å². The van der Waals surface area contributed by atoms with Gasteiger partial charge in [-0.15, -0.1) is 0 Å². The first kappa shape index (κ1) is 18.7. The molecule has 2 atom stereocenters. The molecule has 0 saturated heterocycles. The molecule has 0 spiro atoms. The first-order valence-electron chi connectivity index (χ1n) is 9.35. The number of methoxy groups -OCH3 is 1. The lowest BCUT2D eigenvalue weighted by atomic mass is 9.52. The van der Waals surface area contributed by atoms with Gasteiger partial charge in [-0.05, 0) is 49.9 Å². The molecule has 0 aromatic carbocycles. The standard InChI is InChI=1S/C18H24F3N3O3/c1-27-3-2-24-15(18(19,20)21)13(9-22-24)16(25)23-14-11-4-10-5-12(14)8-17(26,6-10)7-11/h9-12,14,26H,2-8H2,1H3,(H,23,25). The molecule has 1 aromatic rings. The minimum atomic E-state index is -4.68. The Balaban J connectivity index is 1.55. The summed E-state index contributed by atoms with van der Waals surface area (Å²) in [5.41, 5.74) is -2.15. The summed E-state index contributed by atoms with van der Waals surface area (Å²) in [4.78, 5) is 12.7. The zero-order valence-corrected chi connectivity index (χ0v) is 15.1. The first-order valence-corrected chi connectivity index (χ1v) is 9.35. The van der Waals surface area contributed by atoms with Crippen molar-refractivity contribution in [1.29, 1.82) is 0 Å². The van der Waals surface area contributed by atoms with Gasteiger partial charge in [0.1, 0.15) is 0 Å². The van der Waals surface area contributed by atoms with Crippen LogP contribution < -0.4 is 5.32 Å². The summed E-state index contributed by atoms with van der Waals surface area (Å²) < 4.78 is 46.2. The number of aromatic nitrogens is 2. The van der Waals surface area contributed by atoms with Gasteiger partial charge in [-0.2, -0.15) is 18.3 Å². The number of carbonyl (C=O) groups is 1. The van der Waals surface area contributed by atoms with E-state index >= 15 is 0 Å². The van der Waals surface area contributed by atoms with Gasteiger partial charge in [-0.1, -0.05) is 0 Å². The molecule has 1 aromatic heterocycles. The summed E-state index contributed by atoms with van der Waals surface area (Å²) in [6, 6.07) is -0.183. The average molecular weight is 387 g/mol. The summed E-state index contributed by atoms with van der Waals surface area (Å²) in [5, 5.41) is 17.2. The van der Waals surface area contributed by atoms with E-state index in [1.165, 1.54) is 7.11 Å². The minimum absolute atomic E-state index is 0.0680. The van der Waals surface area contributed by atoms with Crippen LogP contribution in [-0.4, -0.2) is 46.2 Å². The number of hydrogen-bond acceptors (Lipinski definition) is 4. The molecule has 4 aliphatic rings. The first-order chi connectivity index (χ1) is 12.7. The fourth-order valence-corrected chi connectivity index (χ4v) is 5.64. The topological polar surface area (TPSA) is 76.4 Å². The maximum absolute atomic E-state index is 13.5. The van der Waals surface area contributed by atoms with Crippen molar-refractivity contribution >= 4 is 5.91 Å². The number of nitrogens with one attached hydrogen (secondary N) is 1. The number of halogens is 3. The fourth-order valence-electron chi connectivity index (χ4n) is 5.64. The van der Waals surface area contributed by atoms with E-state index in [0.717, 1.165) is 30.1 Å². The highest BCUT2D eigenvalue weighted by Gasteiger charge is 2.55.